The van der Waals surface area contributed by atoms with Gasteiger partial charge in [0.2, 0.25) is 0 Å². The first-order chi connectivity index (χ1) is 10.3. The molecule has 1 amide bonds. The molecule has 0 bridgehead atoms. The van der Waals surface area contributed by atoms with Crippen molar-refractivity contribution in [2.45, 2.75) is 12.5 Å². The zero-order valence-corrected chi connectivity index (χ0v) is 14.4. The number of halogens is 1. The third kappa shape index (κ3) is 4.30. The zero-order chi connectivity index (χ0) is 16.3. The summed E-state index contributed by atoms with van der Waals surface area (Å²) in [6.07, 6.45) is 0.421. The summed E-state index contributed by atoms with van der Waals surface area (Å²) in [7, 11) is -1.53. The maximum absolute atomic E-state index is 12.0. The smallest absolute Gasteiger partial charge is 0.338 e. The maximum atomic E-state index is 12.0. The van der Waals surface area contributed by atoms with Crippen LogP contribution in [0, 0.1) is 0 Å². The molecule has 8 heteroatoms. The summed E-state index contributed by atoms with van der Waals surface area (Å²) >= 11 is 3.25. The van der Waals surface area contributed by atoms with Crippen LogP contribution in [0.3, 0.4) is 0 Å². The largest absolute Gasteiger partial charge is 0.452 e. The number of ether oxygens (including phenoxy) is 1. The lowest BCUT2D eigenvalue weighted by Gasteiger charge is -2.23. The van der Waals surface area contributed by atoms with Crippen LogP contribution in [0.15, 0.2) is 28.7 Å². The summed E-state index contributed by atoms with van der Waals surface area (Å²) in [6.45, 7) is -0.404. The Morgan fingerprint density at radius 3 is 2.73 bits per heavy atom. The van der Waals surface area contributed by atoms with Crippen LogP contribution < -0.4 is 0 Å². The molecular formula is C14H16BrNO5S. The molecule has 0 N–H and O–H groups in total. The summed E-state index contributed by atoms with van der Waals surface area (Å²) in [5, 5.41) is 0. The van der Waals surface area contributed by atoms with Gasteiger partial charge in [0.25, 0.3) is 5.91 Å². The first-order valence-corrected chi connectivity index (χ1v) is 9.29. The van der Waals surface area contributed by atoms with Gasteiger partial charge in [-0.05, 0) is 24.6 Å². The van der Waals surface area contributed by atoms with E-state index in [0.717, 1.165) is 4.47 Å². The number of nitrogens with zero attached hydrogens (tertiary/aromatic N) is 1. The van der Waals surface area contributed by atoms with E-state index in [1.54, 1.807) is 24.3 Å². The van der Waals surface area contributed by atoms with Crippen LogP contribution in [0.2, 0.25) is 0 Å². The Balaban J connectivity index is 1.88. The van der Waals surface area contributed by atoms with Crippen molar-refractivity contribution >= 4 is 37.6 Å². The molecule has 1 aliphatic heterocycles. The number of amides is 1. The van der Waals surface area contributed by atoms with Crippen LogP contribution in [0.1, 0.15) is 16.8 Å². The summed E-state index contributed by atoms with van der Waals surface area (Å²) < 4.78 is 28.6. The monoisotopic (exact) mass is 389 g/mol. The van der Waals surface area contributed by atoms with E-state index in [2.05, 4.69) is 15.9 Å². The second-order valence-electron chi connectivity index (χ2n) is 5.15. The number of hydrogen-bond donors (Lipinski definition) is 0. The average molecular weight is 390 g/mol. The predicted molar refractivity (Wildman–Crippen MR) is 84.3 cm³/mol. The Morgan fingerprint density at radius 2 is 2.14 bits per heavy atom. The summed E-state index contributed by atoms with van der Waals surface area (Å²) in [4.78, 5) is 25.2. The second-order valence-corrected chi connectivity index (χ2v) is 8.29. The van der Waals surface area contributed by atoms with E-state index in [9.17, 15) is 18.0 Å². The van der Waals surface area contributed by atoms with Gasteiger partial charge in [0.05, 0.1) is 17.1 Å². The lowest BCUT2D eigenvalue weighted by molar-refractivity contribution is -0.134. The van der Waals surface area contributed by atoms with Crippen molar-refractivity contribution in [1.82, 2.24) is 4.90 Å². The molecule has 1 aliphatic rings. The fraction of sp³-hybridized carbons (Fsp3) is 0.429. The third-order valence-corrected chi connectivity index (χ3v) is 5.78. The van der Waals surface area contributed by atoms with Crippen LogP contribution in [0.25, 0.3) is 0 Å². The average Bonchev–Trinajstić information content (AvgIpc) is 2.83. The molecular weight excluding hydrogens is 374 g/mol. The molecule has 1 aromatic rings. The van der Waals surface area contributed by atoms with Gasteiger partial charge in [-0.2, -0.15) is 0 Å². The van der Waals surface area contributed by atoms with Gasteiger partial charge < -0.3 is 9.64 Å². The summed E-state index contributed by atoms with van der Waals surface area (Å²) in [5.41, 5.74) is 0.341. The number of esters is 1. The van der Waals surface area contributed by atoms with E-state index in [0.29, 0.717) is 12.0 Å². The Labute approximate surface area is 137 Å². The third-order valence-electron chi connectivity index (χ3n) is 3.54. The fourth-order valence-corrected chi connectivity index (χ4v) is 4.39. The molecule has 1 aromatic carbocycles. The number of carbonyl (C=O) groups excluding carboxylic acids is 2. The van der Waals surface area contributed by atoms with Gasteiger partial charge in [-0.15, -0.1) is 0 Å². The molecule has 1 fully saturated rings. The molecule has 0 unspecified atom stereocenters. The Bertz CT molecular complexity index is 688. The van der Waals surface area contributed by atoms with Crippen molar-refractivity contribution < 1.29 is 22.7 Å². The normalized spacial score (nSPS) is 19.6. The number of likely N-dealkylation sites (N-methyl/N-ethyl adjacent to an activating group) is 1. The van der Waals surface area contributed by atoms with E-state index in [-0.39, 0.29) is 17.5 Å². The molecule has 0 spiro atoms. The first-order valence-electron chi connectivity index (χ1n) is 6.67. The Hall–Kier alpha value is -1.41. The van der Waals surface area contributed by atoms with E-state index >= 15 is 0 Å². The van der Waals surface area contributed by atoms with Gasteiger partial charge in [-0.1, -0.05) is 22.0 Å². The van der Waals surface area contributed by atoms with Crippen molar-refractivity contribution in [2.75, 3.05) is 25.2 Å². The highest BCUT2D eigenvalue weighted by atomic mass is 79.9. The van der Waals surface area contributed by atoms with Crippen molar-refractivity contribution in [2.24, 2.45) is 0 Å². The molecule has 1 atom stereocenters. The van der Waals surface area contributed by atoms with Crippen molar-refractivity contribution in [3.8, 4) is 0 Å². The number of benzene rings is 1. The number of hydrogen-bond acceptors (Lipinski definition) is 5. The molecule has 0 aromatic heterocycles. The van der Waals surface area contributed by atoms with Crippen molar-refractivity contribution in [3.05, 3.63) is 34.3 Å². The van der Waals surface area contributed by atoms with Gasteiger partial charge >= 0.3 is 5.97 Å². The first kappa shape index (κ1) is 17.0. The number of rotatable bonds is 4. The van der Waals surface area contributed by atoms with Gasteiger partial charge in [-0.3, -0.25) is 4.79 Å². The molecule has 120 valence electrons. The molecule has 0 radical (unpaired) electrons. The fourth-order valence-electron chi connectivity index (χ4n) is 2.21. The van der Waals surface area contributed by atoms with Crippen molar-refractivity contribution in [1.29, 1.82) is 0 Å². The van der Waals surface area contributed by atoms with E-state index in [1.165, 1.54) is 11.9 Å². The lowest BCUT2D eigenvalue weighted by atomic mass is 10.2. The van der Waals surface area contributed by atoms with Crippen LogP contribution in [0.4, 0.5) is 0 Å². The quantitative estimate of drug-likeness (QED) is 0.723. The van der Waals surface area contributed by atoms with Crippen LogP contribution in [0.5, 0.6) is 0 Å². The minimum Gasteiger partial charge on any atom is -0.452 e. The topological polar surface area (TPSA) is 80.8 Å². The molecule has 6 nitrogen and oxygen atoms in total. The van der Waals surface area contributed by atoms with E-state index in [4.69, 9.17) is 4.74 Å². The lowest BCUT2D eigenvalue weighted by Crippen LogP contribution is -2.40. The molecule has 22 heavy (non-hydrogen) atoms. The summed E-state index contributed by atoms with van der Waals surface area (Å²) in [6, 6.07) is 6.31. The highest BCUT2D eigenvalue weighted by Crippen LogP contribution is 2.17. The number of sulfone groups is 1. The molecule has 1 heterocycles. The Kier molecular flexibility index (Phi) is 5.23. The molecule has 1 saturated heterocycles. The van der Waals surface area contributed by atoms with Gasteiger partial charge in [0.15, 0.2) is 16.4 Å². The van der Waals surface area contributed by atoms with Crippen LogP contribution in [-0.4, -0.2) is 56.4 Å². The van der Waals surface area contributed by atoms with Crippen molar-refractivity contribution in [3.63, 3.8) is 0 Å². The Morgan fingerprint density at radius 1 is 1.41 bits per heavy atom. The number of carbonyl (C=O) groups is 2. The van der Waals surface area contributed by atoms with Gasteiger partial charge in [0.1, 0.15) is 0 Å². The highest BCUT2D eigenvalue weighted by Gasteiger charge is 2.32. The SMILES string of the molecule is CN(C(=O)COC(=O)c1cccc(Br)c1)[C@H]1CCS(=O)(=O)C1. The predicted octanol–water partition coefficient (Wildman–Crippen LogP) is 1.25. The standard InChI is InChI=1S/C14H16BrNO5S/c1-16(12-5-6-22(19,20)9-12)13(17)8-21-14(18)10-3-2-4-11(15)7-10/h2-4,7,12H,5-6,8-9H2,1H3/t12-/m0/s1. The van der Waals surface area contributed by atoms with Crippen LogP contribution in [-0.2, 0) is 19.4 Å². The summed E-state index contributed by atoms with van der Waals surface area (Å²) in [5.74, 6) is -0.949. The van der Waals surface area contributed by atoms with E-state index < -0.39 is 28.3 Å². The maximum Gasteiger partial charge on any atom is 0.338 e. The zero-order valence-electron chi connectivity index (χ0n) is 12.0. The second kappa shape index (κ2) is 6.78. The molecule has 0 aliphatic carbocycles. The minimum absolute atomic E-state index is 0.0329. The van der Waals surface area contributed by atoms with Crippen LogP contribution >= 0.6 is 15.9 Å². The molecule has 0 saturated carbocycles. The minimum atomic E-state index is -3.06. The molecule has 2 rings (SSSR count). The highest BCUT2D eigenvalue weighted by molar-refractivity contribution is 9.10. The van der Waals surface area contributed by atoms with Gasteiger partial charge in [-0.25, -0.2) is 13.2 Å². The van der Waals surface area contributed by atoms with Gasteiger partial charge in [0, 0.05) is 17.6 Å². The van der Waals surface area contributed by atoms with E-state index in [1.807, 2.05) is 0 Å².